The highest BCUT2D eigenvalue weighted by Gasteiger charge is 2.24. The fourth-order valence-corrected chi connectivity index (χ4v) is 3.95. The number of carbonyl (C=O) groups is 1. The minimum Gasteiger partial charge on any atom is -0.368 e. The molecule has 0 radical (unpaired) electrons. The second-order valence-electron chi connectivity index (χ2n) is 6.56. The maximum Gasteiger partial charge on any atom is 0.276 e. The molecule has 144 valence electrons. The topological polar surface area (TPSA) is 105 Å². The lowest BCUT2D eigenvalue weighted by molar-refractivity contribution is 0.102. The summed E-state index contributed by atoms with van der Waals surface area (Å²) in [4.78, 5) is 22.4. The van der Waals surface area contributed by atoms with Crippen molar-refractivity contribution in [2.24, 2.45) is 12.8 Å². The van der Waals surface area contributed by atoms with Crippen LogP contribution in [0, 0.1) is 0 Å². The van der Waals surface area contributed by atoms with Crippen molar-refractivity contribution in [2.75, 3.05) is 23.3 Å². The molecular weight excluding hydrogens is 434 g/mol. The third-order valence-electron chi connectivity index (χ3n) is 4.60. The Labute approximate surface area is 171 Å². The summed E-state index contributed by atoms with van der Waals surface area (Å²) in [5.41, 5.74) is 8.94. The average molecular weight is 455 g/mol. The minimum atomic E-state index is -0.257. The zero-order valence-electron chi connectivity index (χ0n) is 14.8. The van der Waals surface area contributed by atoms with Crippen molar-refractivity contribution in [2.45, 2.75) is 18.9 Å². The number of carbonyl (C=O) groups excluding carboxylic acids is 1. The Kier molecular flexibility index (Phi) is 5.73. The van der Waals surface area contributed by atoms with Gasteiger partial charge in [0, 0.05) is 44.8 Å². The summed E-state index contributed by atoms with van der Waals surface area (Å²) in [5.74, 6) is -0.257. The van der Waals surface area contributed by atoms with Crippen LogP contribution < -0.4 is 16.0 Å². The highest BCUT2D eigenvalue weighted by atomic mass is 79.9. The van der Waals surface area contributed by atoms with E-state index in [0.29, 0.717) is 11.4 Å². The fourth-order valence-electron chi connectivity index (χ4n) is 3.40. The molecule has 1 amide bonds. The standard InChI is InChI=1S/C17H20BrN7O.ClH/c1-24-6-4-12(23-24)17(26)22-13-8-21-16-14(13)15(11(18)7-20-16)25-5-2-3-10(19)9-25;/h4,6-8,10H,2-3,5,9,19H2,1H3,(H,20,21)(H,22,26);1H. The van der Waals surface area contributed by atoms with Crippen molar-refractivity contribution in [1.82, 2.24) is 19.7 Å². The first-order chi connectivity index (χ1) is 12.5. The number of hydrogen-bond acceptors (Lipinski definition) is 5. The van der Waals surface area contributed by atoms with Gasteiger partial charge in [0.25, 0.3) is 5.91 Å². The SMILES string of the molecule is Cl.Cn1ccc(C(=O)Nc2c[nH]c3ncc(Br)c(N4CCCC(N)C4)c23)n1. The van der Waals surface area contributed by atoms with Gasteiger partial charge >= 0.3 is 0 Å². The van der Waals surface area contributed by atoms with E-state index in [-0.39, 0.29) is 24.4 Å². The molecule has 0 bridgehead atoms. The molecule has 1 aliphatic heterocycles. The molecule has 4 N–H and O–H groups in total. The number of halogens is 2. The van der Waals surface area contributed by atoms with Crippen LogP contribution in [-0.2, 0) is 7.05 Å². The van der Waals surface area contributed by atoms with Gasteiger partial charge in [-0.1, -0.05) is 0 Å². The number of rotatable bonds is 3. The number of amides is 1. The largest absolute Gasteiger partial charge is 0.368 e. The molecule has 4 heterocycles. The van der Waals surface area contributed by atoms with Crippen molar-refractivity contribution in [1.29, 1.82) is 0 Å². The van der Waals surface area contributed by atoms with Crippen molar-refractivity contribution < 1.29 is 4.79 Å². The van der Waals surface area contributed by atoms with Gasteiger partial charge in [-0.2, -0.15) is 5.10 Å². The molecule has 0 aromatic carbocycles. The first kappa shape index (κ1) is 19.7. The number of hydrogen-bond donors (Lipinski definition) is 3. The van der Waals surface area contributed by atoms with Gasteiger partial charge in [-0.05, 0) is 34.8 Å². The number of nitrogens with zero attached hydrogens (tertiary/aromatic N) is 4. The zero-order chi connectivity index (χ0) is 18.3. The minimum absolute atomic E-state index is 0. The van der Waals surface area contributed by atoms with Gasteiger partial charge in [-0.3, -0.25) is 9.48 Å². The van der Waals surface area contributed by atoms with Crippen LogP contribution in [0.5, 0.6) is 0 Å². The molecule has 27 heavy (non-hydrogen) atoms. The van der Waals surface area contributed by atoms with Gasteiger partial charge in [0.05, 0.1) is 21.2 Å². The first-order valence-corrected chi connectivity index (χ1v) is 9.29. The van der Waals surface area contributed by atoms with E-state index in [2.05, 4.69) is 41.2 Å². The van der Waals surface area contributed by atoms with Crippen LogP contribution in [0.3, 0.4) is 0 Å². The predicted octanol–water partition coefficient (Wildman–Crippen LogP) is 2.66. The zero-order valence-corrected chi connectivity index (χ0v) is 17.2. The highest BCUT2D eigenvalue weighted by molar-refractivity contribution is 9.10. The van der Waals surface area contributed by atoms with Crippen LogP contribution in [0.15, 0.2) is 29.1 Å². The van der Waals surface area contributed by atoms with Crippen LogP contribution >= 0.6 is 28.3 Å². The average Bonchev–Trinajstić information content (AvgIpc) is 3.22. The van der Waals surface area contributed by atoms with E-state index in [1.165, 1.54) is 0 Å². The highest BCUT2D eigenvalue weighted by Crippen LogP contribution is 2.38. The summed E-state index contributed by atoms with van der Waals surface area (Å²) >= 11 is 3.62. The lowest BCUT2D eigenvalue weighted by Crippen LogP contribution is -2.43. The Morgan fingerprint density at radius 3 is 3.00 bits per heavy atom. The van der Waals surface area contributed by atoms with Gasteiger partial charge < -0.3 is 20.9 Å². The number of nitrogens with two attached hydrogens (primary N) is 1. The van der Waals surface area contributed by atoms with E-state index in [9.17, 15) is 4.79 Å². The number of aryl methyl sites for hydroxylation is 1. The lowest BCUT2D eigenvalue weighted by atomic mass is 10.1. The smallest absolute Gasteiger partial charge is 0.276 e. The van der Waals surface area contributed by atoms with E-state index in [4.69, 9.17) is 5.73 Å². The molecule has 8 nitrogen and oxygen atoms in total. The molecular formula is C17H21BrClN7O. The normalized spacial score (nSPS) is 17.0. The Hall–Kier alpha value is -2.10. The summed E-state index contributed by atoms with van der Waals surface area (Å²) in [6.45, 7) is 1.70. The number of nitrogens with one attached hydrogen (secondary N) is 2. The number of pyridine rings is 1. The summed E-state index contributed by atoms with van der Waals surface area (Å²) in [7, 11) is 1.78. The van der Waals surface area contributed by atoms with E-state index < -0.39 is 0 Å². The number of aromatic nitrogens is 4. The van der Waals surface area contributed by atoms with E-state index in [1.54, 1.807) is 36.4 Å². The van der Waals surface area contributed by atoms with Gasteiger partial charge in [0.1, 0.15) is 5.65 Å². The number of aromatic amines is 1. The molecule has 3 aromatic rings. The van der Waals surface area contributed by atoms with E-state index in [0.717, 1.165) is 47.1 Å². The molecule has 1 unspecified atom stereocenters. The molecule has 0 spiro atoms. The molecule has 10 heteroatoms. The number of piperidine rings is 1. The van der Waals surface area contributed by atoms with Gasteiger partial charge in [0.15, 0.2) is 5.69 Å². The quantitative estimate of drug-likeness (QED) is 0.564. The summed E-state index contributed by atoms with van der Waals surface area (Å²) < 4.78 is 2.48. The van der Waals surface area contributed by atoms with Gasteiger partial charge in [-0.25, -0.2) is 4.98 Å². The number of fused-ring (bicyclic) bond motifs is 1. The van der Waals surface area contributed by atoms with Crippen LogP contribution in [0.4, 0.5) is 11.4 Å². The molecule has 0 saturated carbocycles. The Morgan fingerprint density at radius 1 is 1.48 bits per heavy atom. The number of anilines is 2. The molecule has 1 fully saturated rings. The van der Waals surface area contributed by atoms with Crippen molar-refractivity contribution in [3.8, 4) is 0 Å². The van der Waals surface area contributed by atoms with Crippen LogP contribution in [0.1, 0.15) is 23.3 Å². The summed E-state index contributed by atoms with van der Waals surface area (Å²) in [6, 6.07) is 1.83. The molecule has 1 saturated heterocycles. The van der Waals surface area contributed by atoms with Crippen molar-refractivity contribution in [3.05, 3.63) is 34.8 Å². The van der Waals surface area contributed by atoms with Gasteiger partial charge in [0.2, 0.25) is 0 Å². The van der Waals surface area contributed by atoms with Gasteiger partial charge in [-0.15, -0.1) is 12.4 Å². The molecule has 1 aliphatic rings. The Morgan fingerprint density at radius 2 is 2.30 bits per heavy atom. The predicted molar refractivity (Wildman–Crippen MR) is 112 cm³/mol. The summed E-state index contributed by atoms with van der Waals surface area (Å²) in [6.07, 6.45) is 7.34. The van der Waals surface area contributed by atoms with E-state index in [1.807, 2.05) is 0 Å². The Balaban J connectivity index is 0.00000210. The second-order valence-corrected chi connectivity index (χ2v) is 7.41. The maximum atomic E-state index is 12.5. The van der Waals surface area contributed by atoms with Crippen LogP contribution in [-0.4, -0.2) is 44.8 Å². The second kappa shape index (κ2) is 7.87. The molecule has 1 atom stereocenters. The monoisotopic (exact) mass is 453 g/mol. The van der Waals surface area contributed by atoms with E-state index >= 15 is 0 Å². The van der Waals surface area contributed by atoms with Crippen LogP contribution in [0.2, 0.25) is 0 Å². The third kappa shape index (κ3) is 3.80. The fraction of sp³-hybridized carbons (Fsp3) is 0.353. The molecule has 4 rings (SSSR count). The van der Waals surface area contributed by atoms with Crippen molar-refractivity contribution >= 4 is 56.7 Å². The van der Waals surface area contributed by atoms with Crippen molar-refractivity contribution in [3.63, 3.8) is 0 Å². The molecule has 3 aromatic heterocycles. The molecule has 0 aliphatic carbocycles. The number of H-pyrrole nitrogens is 1. The first-order valence-electron chi connectivity index (χ1n) is 8.50. The van der Waals surface area contributed by atoms with Crippen LogP contribution in [0.25, 0.3) is 11.0 Å². The third-order valence-corrected chi connectivity index (χ3v) is 5.18. The Bertz CT molecular complexity index is 970. The summed E-state index contributed by atoms with van der Waals surface area (Å²) in [5, 5.41) is 7.97. The lowest BCUT2D eigenvalue weighted by Gasteiger charge is -2.33. The maximum absolute atomic E-state index is 12.5.